The average Bonchev–Trinajstić information content (AvgIpc) is 3.17. The molecule has 0 heterocycles. The van der Waals surface area contributed by atoms with Crippen molar-refractivity contribution >= 4 is 12.0 Å². The zero-order valence-electron chi connectivity index (χ0n) is 12.1. The molecule has 0 aromatic rings. The maximum atomic E-state index is 11.9. The van der Waals surface area contributed by atoms with Crippen LogP contribution in [0.1, 0.15) is 52.9 Å². The van der Waals surface area contributed by atoms with Crippen molar-refractivity contribution in [2.45, 2.75) is 65.0 Å². The quantitative estimate of drug-likeness (QED) is 0.633. The molecule has 3 atom stereocenters. The van der Waals surface area contributed by atoms with Gasteiger partial charge < -0.3 is 15.7 Å². The number of rotatable bonds is 8. The highest BCUT2D eigenvalue weighted by molar-refractivity contribution is 5.82. The van der Waals surface area contributed by atoms with Gasteiger partial charge in [0.05, 0.1) is 0 Å². The molecule has 0 aromatic carbocycles. The van der Waals surface area contributed by atoms with Crippen LogP contribution in [-0.4, -0.2) is 29.2 Å². The van der Waals surface area contributed by atoms with E-state index in [2.05, 4.69) is 10.6 Å². The van der Waals surface area contributed by atoms with E-state index in [9.17, 15) is 9.59 Å². The smallest absolute Gasteiger partial charge is 0.326 e. The molecule has 1 aliphatic rings. The summed E-state index contributed by atoms with van der Waals surface area (Å²) in [5.74, 6) is -0.304. The Morgan fingerprint density at radius 3 is 2.26 bits per heavy atom. The van der Waals surface area contributed by atoms with Crippen LogP contribution in [0.3, 0.4) is 0 Å². The number of carbonyl (C=O) groups excluding carboxylic acids is 1. The van der Waals surface area contributed by atoms with E-state index in [0.29, 0.717) is 0 Å². The summed E-state index contributed by atoms with van der Waals surface area (Å²) in [6.07, 6.45) is 5.11. The first-order chi connectivity index (χ1) is 8.97. The van der Waals surface area contributed by atoms with Gasteiger partial charge in [-0.3, -0.25) is 0 Å². The lowest BCUT2D eigenvalue weighted by atomic mass is 9.99. The van der Waals surface area contributed by atoms with E-state index >= 15 is 0 Å². The Morgan fingerprint density at radius 1 is 1.21 bits per heavy atom. The summed E-state index contributed by atoms with van der Waals surface area (Å²) in [5, 5.41) is 14.6. The summed E-state index contributed by atoms with van der Waals surface area (Å²) in [4.78, 5) is 23.0. The summed E-state index contributed by atoms with van der Waals surface area (Å²) >= 11 is 0. The van der Waals surface area contributed by atoms with Gasteiger partial charge in [-0.2, -0.15) is 0 Å². The third-order valence-corrected chi connectivity index (χ3v) is 3.91. The lowest BCUT2D eigenvalue weighted by Gasteiger charge is -2.23. The van der Waals surface area contributed by atoms with Gasteiger partial charge in [0.1, 0.15) is 6.04 Å². The fraction of sp³-hybridized carbons (Fsp3) is 0.857. The number of nitrogens with one attached hydrogen (secondary N) is 2. The topological polar surface area (TPSA) is 78.4 Å². The summed E-state index contributed by atoms with van der Waals surface area (Å²) in [7, 11) is 0. The highest BCUT2D eigenvalue weighted by Gasteiger charge is 2.28. The van der Waals surface area contributed by atoms with Crippen LogP contribution in [0.15, 0.2) is 0 Å². The molecule has 5 nitrogen and oxygen atoms in total. The molecule has 0 radical (unpaired) electrons. The molecule has 3 N–H and O–H groups in total. The molecule has 0 spiro atoms. The van der Waals surface area contributed by atoms with Crippen molar-refractivity contribution in [2.24, 2.45) is 11.8 Å². The molecule has 19 heavy (non-hydrogen) atoms. The first-order valence-electron chi connectivity index (χ1n) is 7.27. The lowest BCUT2D eigenvalue weighted by Crippen LogP contribution is -2.51. The van der Waals surface area contributed by atoms with Gasteiger partial charge in [0.2, 0.25) is 0 Å². The zero-order chi connectivity index (χ0) is 14.4. The molecule has 0 aromatic heterocycles. The van der Waals surface area contributed by atoms with Crippen LogP contribution in [0.25, 0.3) is 0 Å². The van der Waals surface area contributed by atoms with Crippen LogP contribution in [0, 0.1) is 11.8 Å². The molecule has 1 fully saturated rings. The molecule has 1 saturated carbocycles. The predicted octanol–water partition coefficient (Wildman–Crippen LogP) is 2.36. The second kappa shape index (κ2) is 7.36. The number of urea groups is 1. The van der Waals surface area contributed by atoms with Crippen molar-refractivity contribution in [2.75, 3.05) is 0 Å². The second-order valence-corrected chi connectivity index (χ2v) is 5.60. The van der Waals surface area contributed by atoms with Crippen molar-refractivity contribution in [3.8, 4) is 0 Å². The number of amides is 2. The predicted molar refractivity (Wildman–Crippen MR) is 74.0 cm³/mol. The summed E-state index contributed by atoms with van der Waals surface area (Å²) < 4.78 is 0. The van der Waals surface area contributed by atoms with Gasteiger partial charge in [-0.1, -0.05) is 40.0 Å². The van der Waals surface area contributed by atoms with Crippen LogP contribution in [0.4, 0.5) is 4.79 Å². The Hall–Kier alpha value is -1.26. The van der Waals surface area contributed by atoms with Crippen LogP contribution in [0.5, 0.6) is 0 Å². The largest absolute Gasteiger partial charge is 0.480 e. The first kappa shape index (κ1) is 15.8. The van der Waals surface area contributed by atoms with Gasteiger partial charge in [0, 0.05) is 6.04 Å². The lowest BCUT2D eigenvalue weighted by molar-refractivity contribution is -0.140. The average molecular weight is 270 g/mol. The van der Waals surface area contributed by atoms with Gasteiger partial charge in [-0.25, -0.2) is 9.59 Å². The molecule has 5 heteroatoms. The van der Waals surface area contributed by atoms with E-state index in [1.54, 1.807) is 0 Å². The van der Waals surface area contributed by atoms with Gasteiger partial charge in [-0.05, 0) is 24.7 Å². The molecule has 0 aliphatic heterocycles. The maximum absolute atomic E-state index is 11.9. The van der Waals surface area contributed by atoms with Crippen molar-refractivity contribution < 1.29 is 14.7 Å². The molecule has 2 amide bonds. The molecule has 0 saturated heterocycles. The number of carboxylic acids is 1. The van der Waals surface area contributed by atoms with Crippen molar-refractivity contribution in [1.29, 1.82) is 0 Å². The van der Waals surface area contributed by atoms with Crippen LogP contribution in [-0.2, 0) is 4.79 Å². The zero-order valence-corrected chi connectivity index (χ0v) is 12.1. The third-order valence-electron chi connectivity index (χ3n) is 3.91. The van der Waals surface area contributed by atoms with Crippen molar-refractivity contribution in [3.63, 3.8) is 0 Å². The number of carbonyl (C=O) groups is 2. The minimum Gasteiger partial charge on any atom is -0.480 e. The molecule has 1 aliphatic carbocycles. The van der Waals surface area contributed by atoms with Gasteiger partial charge >= 0.3 is 12.0 Å². The van der Waals surface area contributed by atoms with E-state index < -0.39 is 12.0 Å². The number of aliphatic carboxylic acids is 1. The van der Waals surface area contributed by atoms with Gasteiger partial charge in [0.25, 0.3) is 0 Å². The van der Waals surface area contributed by atoms with E-state index in [4.69, 9.17) is 5.11 Å². The van der Waals surface area contributed by atoms with Crippen LogP contribution in [0.2, 0.25) is 0 Å². The minimum atomic E-state index is -0.972. The van der Waals surface area contributed by atoms with Gasteiger partial charge in [0.15, 0.2) is 0 Å². The Bertz CT molecular complexity index is 316. The summed E-state index contributed by atoms with van der Waals surface area (Å²) in [6.45, 7) is 5.79. The van der Waals surface area contributed by atoms with Crippen LogP contribution < -0.4 is 10.6 Å². The van der Waals surface area contributed by atoms with E-state index in [1.165, 1.54) is 12.8 Å². The van der Waals surface area contributed by atoms with E-state index in [-0.39, 0.29) is 18.0 Å². The van der Waals surface area contributed by atoms with Crippen LogP contribution >= 0.6 is 0 Å². The second-order valence-electron chi connectivity index (χ2n) is 5.60. The monoisotopic (exact) mass is 270 g/mol. The normalized spacial score (nSPS) is 19.3. The van der Waals surface area contributed by atoms with E-state index in [0.717, 1.165) is 25.2 Å². The Kier molecular flexibility index (Phi) is 6.12. The SMILES string of the molecule is CCC(CC1CC1)NC(=O)N[C@@H](C(=O)O)C(C)CC. The molecular formula is C14H26N2O3. The van der Waals surface area contributed by atoms with E-state index in [1.807, 2.05) is 20.8 Å². The highest BCUT2D eigenvalue weighted by atomic mass is 16.4. The first-order valence-corrected chi connectivity index (χ1v) is 7.27. The minimum absolute atomic E-state index is 0.0771. The molecule has 2 unspecified atom stereocenters. The molecule has 110 valence electrons. The Labute approximate surface area is 115 Å². The molecule has 0 bridgehead atoms. The molecular weight excluding hydrogens is 244 g/mol. The number of hydrogen-bond donors (Lipinski definition) is 3. The van der Waals surface area contributed by atoms with Crippen molar-refractivity contribution in [1.82, 2.24) is 10.6 Å². The van der Waals surface area contributed by atoms with Gasteiger partial charge in [-0.15, -0.1) is 0 Å². The standard InChI is InChI=1S/C14H26N2O3/c1-4-9(3)12(13(17)18)16-14(19)15-11(5-2)8-10-6-7-10/h9-12H,4-8H2,1-3H3,(H,17,18)(H2,15,16,19)/t9?,11?,12-/m1/s1. The molecule has 1 rings (SSSR count). The highest BCUT2D eigenvalue weighted by Crippen LogP contribution is 2.33. The number of carboxylic acid groups (broad SMARTS) is 1. The maximum Gasteiger partial charge on any atom is 0.326 e. The Balaban J connectivity index is 2.43. The van der Waals surface area contributed by atoms with Crippen molar-refractivity contribution in [3.05, 3.63) is 0 Å². The summed E-state index contributed by atoms with van der Waals surface area (Å²) in [5.41, 5.74) is 0. The summed E-state index contributed by atoms with van der Waals surface area (Å²) in [6, 6.07) is -1.03. The third kappa shape index (κ3) is 5.49. The Morgan fingerprint density at radius 2 is 1.84 bits per heavy atom. The fourth-order valence-electron chi connectivity index (χ4n) is 2.13. The number of hydrogen-bond acceptors (Lipinski definition) is 2. The fourth-order valence-corrected chi connectivity index (χ4v) is 2.13.